The van der Waals surface area contributed by atoms with E-state index in [-0.39, 0.29) is 0 Å². The number of allylic oxidation sites excluding steroid dienone is 4. The third-order valence-electron chi connectivity index (χ3n) is 10.1. The van der Waals surface area contributed by atoms with Crippen molar-refractivity contribution in [1.29, 1.82) is 0 Å². The number of benzene rings is 4. The summed E-state index contributed by atoms with van der Waals surface area (Å²) < 4.78 is 6.38. The van der Waals surface area contributed by atoms with Crippen LogP contribution in [0.4, 0.5) is 0 Å². The average molecular weight is 647 g/mol. The second kappa shape index (κ2) is 17.2. The zero-order chi connectivity index (χ0) is 31.4. The van der Waals surface area contributed by atoms with E-state index in [1.165, 1.54) is 62.5 Å². The van der Waals surface area contributed by atoms with Gasteiger partial charge in [0.05, 0.1) is 0 Å². The Kier molecular flexibility index (Phi) is 12.9. The van der Waals surface area contributed by atoms with Gasteiger partial charge in [-0.3, -0.25) is 0 Å². The maximum Gasteiger partial charge on any atom is -0.0184 e. The molecule has 1 fully saturated rings. The second-order valence-electron chi connectivity index (χ2n) is 13.0. The van der Waals surface area contributed by atoms with Crippen molar-refractivity contribution in [2.45, 2.75) is 85.1 Å². The molecule has 1 N–H and O–H groups in total. The van der Waals surface area contributed by atoms with E-state index in [9.17, 15) is 0 Å². The molecule has 0 aliphatic heterocycles. The van der Waals surface area contributed by atoms with Crippen LogP contribution in [0.15, 0.2) is 142 Å². The first kappa shape index (κ1) is 33.6. The summed E-state index contributed by atoms with van der Waals surface area (Å²) in [5.41, 5.74) is 7.34. The molecule has 0 saturated heterocycles. The van der Waals surface area contributed by atoms with Crippen molar-refractivity contribution < 1.29 is 17.4 Å². The van der Waals surface area contributed by atoms with Gasteiger partial charge in [0.2, 0.25) is 0 Å². The van der Waals surface area contributed by atoms with Gasteiger partial charge in [0.1, 0.15) is 0 Å². The molecule has 0 radical (unpaired) electrons. The first-order valence-corrected chi connectivity index (χ1v) is 23.3. The van der Waals surface area contributed by atoms with E-state index in [1.54, 1.807) is 27.1 Å². The van der Waals surface area contributed by atoms with Crippen LogP contribution < -0.4 is 14.2 Å². The fourth-order valence-electron chi connectivity index (χ4n) is 7.19. The fourth-order valence-corrected chi connectivity index (χ4v) is 23.4. The zero-order valence-electron chi connectivity index (χ0n) is 27.9. The molecule has 1 atom stereocenters. The van der Waals surface area contributed by atoms with Crippen LogP contribution in [-0.4, -0.2) is 12.7 Å². The maximum absolute atomic E-state index is 4.54. The minimum atomic E-state index is -1.82. The topological polar surface area (TPSA) is 12.0 Å². The van der Waals surface area contributed by atoms with Gasteiger partial charge in [0, 0.05) is 0 Å². The number of hydrogen-bond acceptors (Lipinski definition) is 1. The third-order valence-corrected chi connectivity index (χ3v) is 23.8. The molecular formula is C42H52NSiTi. The summed E-state index contributed by atoms with van der Waals surface area (Å²) in [6.45, 7) is 8.28. The number of rotatable bonds is 7. The van der Waals surface area contributed by atoms with Crippen molar-refractivity contribution in [3.05, 3.63) is 142 Å². The molecule has 3 heteroatoms. The molecule has 1 unspecified atom stereocenters. The van der Waals surface area contributed by atoms with Crippen LogP contribution in [0.5, 0.6) is 0 Å². The predicted molar refractivity (Wildman–Crippen MR) is 195 cm³/mol. The maximum atomic E-state index is 4.54. The van der Waals surface area contributed by atoms with Gasteiger partial charge >= 0.3 is 210 Å². The summed E-state index contributed by atoms with van der Waals surface area (Å²) in [7, 11) is 0. The molecule has 2 aliphatic carbocycles. The standard InChI is InChI=1S/C12H11Si.C12H10.C9H18N.C9H13.Ti/c1-3-7-11(8-4-1)13-12-9-5-2-6-10-12;1-3-7-11(8-4-1)12-9-5-2-6-10-12;10-9-7-5-3-1-2-4-6-8-9;1-6-5-7(2)9(4)8(6)3;/h1-10,13H;1-10H;9-10H,1-8H2;6H,1-4H3;/q;;-1;;+1. The molecule has 0 aromatic heterocycles. The minimum Gasteiger partial charge on any atom is -0.0622 e. The monoisotopic (exact) mass is 646 g/mol. The Balaban J connectivity index is 0.000000277. The van der Waals surface area contributed by atoms with Crippen LogP contribution in [0.25, 0.3) is 11.1 Å². The fraction of sp³-hybridized carbons (Fsp3) is 0.333. The summed E-state index contributed by atoms with van der Waals surface area (Å²) in [6.07, 6.45) is 11.2. The van der Waals surface area contributed by atoms with Crippen molar-refractivity contribution in [1.82, 2.24) is 3.80 Å². The quantitative estimate of drug-likeness (QED) is 0.197. The molecule has 2 aliphatic rings. The normalized spacial score (nSPS) is 17.8. The van der Waals surface area contributed by atoms with Gasteiger partial charge in [0.25, 0.3) is 0 Å². The van der Waals surface area contributed by atoms with Gasteiger partial charge in [-0.15, -0.1) is 0 Å². The Bertz CT molecular complexity index is 1430. The van der Waals surface area contributed by atoms with E-state index in [1.807, 2.05) is 16.0 Å². The Labute approximate surface area is 280 Å². The zero-order valence-corrected chi connectivity index (χ0v) is 30.7. The summed E-state index contributed by atoms with van der Waals surface area (Å²) in [5.74, 6) is 0.603. The van der Waals surface area contributed by atoms with Gasteiger partial charge in [-0.05, 0) is 11.1 Å². The van der Waals surface area contributed by atoms with Crippen molar-refractivity contribution in [2.75, 3.05) is 0 Å². The Hall–Kier alpha value is -2.75. The second-order valence-corrected chi connectivity index (χ2v) is 22.9. The summed E-state index contributed by atoms with van der Waals surface area (Å²) in [6, 6.07) is 44.7. The van der Waals surface area contributed by atoms with Crippen LogP contribution in [0.1, 0.15) is 79.1 Å². The van der Waals surface area contributed by atoms with Gasteiger partial charge in [-0.1, -0.05) is 60.7 Å². The molecule has 0 spiro atoms. The van der Waals surface area contributed by atoms with Crippen LogP contribution in [0.2, 0.25) is 0 Å². The summed E-state index contributed by atoms with van der Waals surface area (Å²) in [4.78, 5) is 0. The Morgan fingerprint density at radius 1 is 0.533 bits per heavy atom. The van der Waals surface area contributed by atoms with Gasteiger partial charge in [-0.2, -0.15) is 0 Å². The van der Waals surface area contributed by atoms with Gasteiger partial charge in [0.15, 0.2) is 0 Å². The summed E-state index contributed by atoms with van der Waals surface area (Å²) >= 11 is -1.82. The molecule has 1 nitrogen and oxygen atoms in total. The molecule has 4 aromatic rings. The van der Waals surface area contributed by atoms with E-state index in [4.69, 9.17) is 0 Å². The van der Waals surface area contributed by atoms with Crippen molar-refractivity contribution in [3.63, 3.8) is 0 Å². The number of hydrogen-bond donors (Lipinski definition) is 1. The van der Waals surface area contributed by atoms with E-state index in [0.29, 0.717) is 12.0 Å². The van der Waals surface area contributed by atoms with Gasteiger partial charge in [-0.25, -0.2) is 0 Å². The minimum absolute atomic E-state index is 0.603. The largest absolute Gasteiger partial charge is 0.0622 e. The third kappa shape index (κ3) is 8.95. The first-order valence-electron chi connectivity index (χ1n) is 17.3. The van der Waals surface area contributed by atoms with Crippen LogP contribution >= 0.6 is 0 Å². The summed E-state index contributed by atoms with van der Waals surface area (Å²) in [5, 5.41) is 3.26. The molecule has 6 rings (SSSR count). The first-order chi connectivity index (χ1) is 22.0. The average Bonchev–Trinajstić information content (AvgIpc) is 3.37. The smallest absolute Gasteiger partial charge is 0.0184 e. The van der Waals surface area contributed by atoms with Crippen LogP contribution in [0.3, 0.4) is 0 Å². The molecule has 4 aromatic carbocycles. The van der Waals surface area contributed by atoms with Gasteiger partial charge < -0.3 is 0 Å². The molecule has 233 valence electrons. The van der Waals surface area contributed by atoms with Crippen LogP contribution in [0, 0.1) is 5.92 Å². The molecule has 0 amide bonds. The predicted octanol–water partition coefficient (Wildman–Crippen LogP) is 9.76. The Morgan fingerprint density at radius 3 is 1.33 bits per heavy atom. The van der Waals surface area contributed by atoms with Crippen molar-refractivity contribution in [3.8, 4) is 11.1 Å². The van der Waals surface area contributed by atoms with E-state index in [2.05, 4.69) is 141 Å². The van der Waals surface area contributed by atoms with Crippen LogP contribution in [-0.2, 0) is 17.4 Å². The van der Waals surface area contributed by atoms with Crippen molar-refractivity contribution >= 4 is 17.0 Å². The SMILES string of the molecule is CC1=C(C)C(C)[C]([Ti]([NH]C2CCCCCCCC2)[SiH](c2ccccc2)c2ccccc2)=C1C.c1ccc(-c2ccccc2)cc1. The van der Waals surface area contributed by atoms with Crippen molar-refractivity contribution in [2.24, 2.45) is 5.92 Å². The number of nitrogens with one attached hydrogen (secondary N) is 1. The molecule has 0 bridgehead atoms. The molecular weight excluding hydrogens is 594 g/mol. The van der Waals surface area contributed by atoms with E-state index in [0.717, 1.165) is 0 Å². The van der Waals surface area contributed by atoms with E-state index < -0.39 is 24.0 Å². The molecule has 45 heavy (non-hydrogen) atoms. The Morgan fingerprint density at radius 2 is 0.933 bits per heavy atom. The van der Waals surface area contributed by atoms with E-state index >= 15 is 0 Å². The molecule has 1 saturated carbocycles. The molecule has 0 heterocycles.